The average Bonchev–Trinajstić information content (AvgIpc) is 2.71. The van der Waals surface area contributed by atoms with Crippen LogP contribution in [0.5, 0.6) is 0 Å². The summed E-state index contributed by atoms with van der Waals surface area (Å²) in [5.41, 5.74) is 1.69. The first-order valence-corrected chi connectivity index (χ1v) is 7.70. The highest BCUT2D eigenvalue weighted by atomic mass is 127. The van der Waals surface area contributed by atoms with E-state index < -0.39 is 5.97 Å². The topological polar surface area (TPSA) is 77.5 Å². The average molecular weight is 396 g/mol. The number of benzene rings is 1. The zero-order chi connectivity index (χ0) is 15.1. The second-order valence-corrected chi connectivity index (χ2v) is 6.22. The van der Waals surface area contributed by atoms with Crippen molar-refractivity contribution in [1.29, 1.82) is 0 Å². The summed E-state index contributed by atoms with van der Waals surface area (Å²) in [6.45, 7) is 0. The number of rotatable bonds is 2. The van der Waals surface area contributed by atoms with E-state index in [9.17, 15) is 19.5 Å². The number of carboxylic acid groups (broad SMARTS) is 1. The lowest BCUT2D eigenvalue weighted by Gasteiger charge is -2.17. The maximum Gasteiger partial charge on any atom is 0.261 e. The van der Waals surface area contributed by atoms with Gasteiger partial charge in [0.1, 0.15) is 0 Å². The van der Waals surface area contributed by atoms with Gasteiger partial charge in [-0.3, -0.25) is 9.59 Å². The van der Waals surface area contributed by atoms with E-state index in [2.05, 4.69) is 0 Å². The fraction of sp³-hybridized carbons (Fsp3) is 0.267. The van der Waals surface area contributed by atoms with Crippen molar-refractivity contribution in [3.63, 3.8) is 0 Å². The van der Waals surface area contributed by atoms with Crippen LogP contribution in [0.15, 0.2) is 29.3 Å². The number of amides is 2. The Bertz CT molecular complexity index is 680. The number of anilines is 1. The van der Waals surface area contributed by atoms with Crippen molar-refractivity contribution in [3.05, 3.63) is 38.5 Å². The number of hydrogen-bond donors (Lipinski definition) is 0. The SMILES string of the molecule is O=C([O-])c1ccc(N2C(=O)C3=C(CCCC3)C2=O)cc1I. The molecule has 0 atom stereocenters. The van der Waals surface area contributed by atoms with E-state index in [4.69, 9.17) is 0 Å². The minimum Gasteiger partial charge on any atom is -0.545 e. The Morgan fingerprint density at radius 2 is 1.67 bits per heavy atom. The lowest BCUT2D eigenvalue weighted by Crippen LogP contribution is -2.32. The van der Waals surface area contributed by atoms with Crippen LogP contribution in [0.3, 0.4) is 0 Å². The molecule has 1 aromatic rings. The zero-order valence-electron chi connectivity index (χ0n) is 11.0. The number of imide groups is 1. The van der Waals surface area contributed by atoms with Crippen LogP contribution in [0.2, 0.25) is 0 Å². The molecule has 6 heteroatoms. The molecule has 1 aromatic carbocycles. The molecular weight excluding hydrogens is 385 g/mol. The molecular formula is C15H11INO4-. The Kier molecular flexibility index (Phi) is 3.56. The van der Waals surface area contributed by atoms with E-state index in [1.54, 1.807) is 0 Å². The summed E-state index contributed by atoms with van der Waals surface area (Å²) >= 11 is 1.86. The number of nitrogens with zero attached hydrogens (tertiary/aromatic N) is 1. The molecule has 0 aromatic heterocycles. The Balaban J connectivity index is 1.99. The molecule has 0 saturated carbocycles. The minimum absolute atomic E-state index is 0.0520. The van der Waals surface area contributed by atoms with E-state index >= 15 is 0 Å². The fourth-order valence-electron chi connectivity index (χ4n) is 2.78. The fourth-order valence-corrected chi connectivity index (χ4v) is 3.50. The first-order valence-electron chi connectivity index (χ1n) is 6.62. The number of carbonyl (C=O) groups excluding carboxylic acids is 3. The summed E-state index contributed by atoms with van der Waals surface area (Å²) in [5, 5.41) is 10.9. The van der Waals surface area contributed by atoms with Gasteiger partial charge in [0.25, 0.3) is 11.8 Å². The maximum absolute atomic E-state index is 12.4. The molecule has 21 heavy (non-hydrogen) atoms. The smallest absolute Gasteiger partial charge is 0.261 e. The van der Waals surface area contributed by atoms with Gasteiger partial charge in [0.2, 0.25) is 0 Å². The Morgan fingerprint density at radius 3 is 2.14 bits per heavy atom. The van der Waals surface area contributed by atoms with Gasteiger partial charge in [-0.2, -0.15) is 0 Å². The van der Waals surface area contributed by atoms with Gasteiger partial charge in [0.05, 0.1) is 11.7 Å². The summed E-state index contributed by atoms with van der Waals surface area (Å²) in [6, 6.07) is 4.37. The summed E-state index contributed by atoms with van der Waals surface area (Å²) in [5.74, 6) is -1.82. The van der Waals surface area contributed by atoms with E-state index in [1.165, 1.54) is 18.2 Å². The first kappa shape index (κ1) is 14.2. The van der Waals surface area contributed by atoms with Gasteiger partial charge in [-0.1, -0.05) is 6.07 Å². The molecule has 0 radical (unpaired) electrons. The van der Waals surface area contributed by atoms with Crippen molar-refractivity contribution in [2.75, 3.05) is 4.90 Å². The van der Waals surface area contributed by atoms with Crippen molar-refractivity contribution in [2.24, 2.45) is 0 Å². The number of aromatic carboxylic acids is 1. The van der Waals surface area contributed by atoms with Gasteiger partial charge >= 0.3 is 0 Å². The lowest BCUT2D eigenvalue weighted by atomic mass is 9.93. The summed E-state index contributed by atoms with van der Waals surface area (Å²) in [4.78, 5) is 36.9. The van der Waals surface area contributed by atoms with Crippen LogP contribution in [-0.2, 0) is 9.59 Å². The van der Waals surface area contributed by atoms with Crippen LogP contribution in [-0.4, -0.2) is 17.8 Å². The minimum atomic E-state index is -1.28. The van der Waals surface area contributed by atoms with E-state index in [0.29, 0.717) is 33.2 Å². The number of carbonyl (C=O) groups is 3. The molecule has 1 aliphatic heterocycles. The van der Waals surface area contributed by atoms with Crippen LogP contribution in [0.1, 0.15) is 36.0 Å². The van der Waals surface area contributed by atoms with Gasteiger partial charge in [-0.05, 0) is 60.4 Å². The molecule has 0 fully saturated rings. The Hall–Kier alpha value is -1.70. The quantitative estimate of drug-likeness (QED) is 0.560. The third-order valence-corrected chi connectivity index (χ3v) is 4.71. The maximum atomic E-state index is 12.4. The highest BCUT2D eigenvalue weighted by Crippen LogP contribution is 2.36. The predicted molar refractivity (Wildman–Crippen MR) is 81.5 cm³/mol. The second kappa shape index (κ2) is 5.25. The summed E-state index contributed by atoms with van der Waals surface area (Å²) in [6.07, 6.45) is 3.13. The van der Waals surface area contributed by atoms with Crippen LogP contribution in [0.25, 0.3) is 0 Å². The monoisotopic (exact) mass is 396 g/mol. The van der Waals surface area contributed by atoms with Crippen molar-refractivity contribution in [3.8, 4) is 0 Å². The predicted octanol–water partition coefficient (Wildman–Crippen LogP) is 1.40. The largest absolute Gasteiger partial charge is 0.545 e. The number of hydrogen-bond acceptors (Lipinski definition) is 4. The molecule has 0 unspecified atom stereocenters. The summed E-state index contributed by atoms with van der Waals surface area (Å²) in [7, 11) is 0. The molecule has 2 aliphatic rings. The highest BCUT2D eigenvalue weighted by Gasteiger charge is 2.39. The molecule has 1 heterocycles. The van der Waals surface area contributed by atoms with Crippen molar-refractivity contribution in [1.82, 2.24) is 0 Å². The van der Waals surface area contributed by atoms with Crippen LogP contribution < -0.4 is 10.0 Å². The molecule has 0 bridgehead atoms. The van der Waals surface area contributed by atoms with Gasteiger partial charge < -0.3 is 9.90 Å². The molecule has 1 aliphatic carbocycles. The van der Waals surface area contributed by atoms with E-state index in [-0.39, 0.29) is 17.4 Å². The molecule has 0 saturated heterocycles. The first-order chi connectivity index (χ1) is 10.0. The van der Waals surface area contributed by atoms with Crippen molar-refractivity contribution in [2.45, 2.75) is 25.7 Å². The van der Waals surface area contributed by atoms with Crippen molar-refractivity contribution < 1.29 is 19.5 Å². The normalized spacial score (nSPS) is 18.2. The van der Waals surface area contributed by atoms with Gasteiger partial charge in [0, 0.05) is 20.3 Å². The third kappa shape index (κ3) is 2.27. The molecule has 5 nitrogen and oxygen atoms in total. The summed E-state index contributed by atoms with van der Waals surface area (Å²) < 4.78 is 0.440. The van der Waals surface area contributed by atoms with Gasteiger partial charge in [-0.15, -0.1) is 0 Å². The van der Waals surface area contributed by atoms with Crippen LogP contribution in [0, 0.1) is 3.57 Å². The zero-order valence-corrected chi connectivity index (χ0v) is 13.2. The second-order valence-electron chi connectivity index (χ2n) is 5.06. The van der Waals surface area contributed by atoms with Crippen LogP contribution >= 0.6 is 22.6 Å². The molecule has 3 rings (SSSR count). The van der Waals surface area contributed by atoms with Crippen LogP contribution in [0.4, 0.5) is 5.69 Å². The van der Waals surface area contributed by atoms with E-state index in [0.717, 1.165) is 17.7 Å². The molecule has 108 valence electrons. The number of carboxylic acids is 1. The molecule has 0 spiro atoms. The van der Waals surface area contributed by atoms with Crippen molar-refractivity contribution >= 4 is 46.1 Å². The highest BCUT2D eigenvalue weighted by molar-refractivity contribution is 14.1. The van der Waals surface area contributed by atoms with Gasteiger partial charge in [0.15, 0.2) is 0 Å². The standard InChI is InChI=1S/C15H12INO4/c16-12-7-8(5-6-11(12)15(20)21)17-13(18)9-3-1-2-4-10(9)14(17)19/h5-7H,1-4H2,(H,20,21)/p-1. The Morgan fingerprint density at radius 1 is 1.10 bits per heavy atom. The lowest BCUT2D eigenvalue weighted by molar-refractivity contribution is -0.255. The van der Waals surface area contributed by atoms with E-state index in [1.807, 2.05) is 22.6 Å². The Labute approximate surface area is 134 Å². The number of halogens is 1. The third-order valence-electron chi connectivity index (χ3n) is 3.82. The molecule has 2 amide bonds. The van der Waals surface area contributed by atoms with Gasteiger partial charge in [-0.25, -0.2) is 4.90 Å². The molecule has 0 N–H and O–H groups in total.